The number of nitrogens with zero attached hydrogens (tertiary/aromatic N) is 3. The number of aromatic nitrogens is 3. The van der Waals surface area contributed by atoms with Crippen molar-refractivity contribution in [1.29, 1.82) is 0 Å². The van der Waals surface area contributed by atoms with Crippen LogP contribution in [-0.2, 0) is 13.0 Å². The maximum atomic E-state index is 13.3. The van der Waals surface area contributed by atoms with E-state index >= 15 is 0 Å². The van der Waals surface area contributed by atoms with Crippen LogP contribution < -0.4 is 11.1 Å². The third-order valence-electron chi connectivity index (χ3n) is 4.40. The first-order valence-electron chi connectivity index (χ1n) is 8.98. The van der Waals surface area contributed by atoms with Gasteiger partial charge in [0.2, 0.25) is 0 Å². The highest BCUT2D eigenvalue weighted by atomic mass is 32.1. The molecule has 8 heteroatoms. The zero-order chi connectivity index (χ0) is 20.2. The van der Waals surface area contributed by atoms with Gasteiger partial charge in [0.25, 0.3) is 5.91 Å². The maximum absolute atomic E-state index is 13.3. The SMILES string of the molecule is Nc1ccc(-c2cccs2)cc1NC(=O)c1cn(CCc2cccc(F)c2)nn1. The molecule has 29 heavy (non-hydrogen) atoms. The lowest BCUT2D eigenvalue weighted by atomic mass is 10.1. The summed E-state index contributed by atoms with van der Waals surface area (Å²) in [5.74, 6) is -0.666. The summed E-state index contributed by atoms with van der Waals surface area (Å²) in [4.78, 5) is 13.7. The Kier molecular flexibility index (Phi) is 5.35. The van der Waals surface area contributed by atoms with Crippen molar-refractivity contribution in [3.05, 3.63) is 83.2 Å². The highest BCUT2D eigenvalue weighted by molar-refractivity contribution is 7.13. The van der Waals surface area contributed by atoms with Gasteiger partial charge in [-0.05, 0) is 53.3 Å². The van der Waals surface area contributed by atoms with Crippen LogP contribution in [0.25, 0.3) is 10.4 Å². The molecule has 0 spiro atoms. The van der Waals surface area contributed by atoms with Crippen molar-refractivity contribution in [2.75, 3.05) is 11.1 Å². The number of benzene rings is 2. The first-order valence-corrected chi connectivity index (χ1v) is 9.86. The van der Waals surface area contributed by atoms with E-state index in [0.29, 0.717) is 24.3 Å². The fourth-order valence-electron chi connectivity index (χ4n) is 2.89. The summed E-state index contributed by atoms with van der Waals surface area (Å²) in [6.45, 7) is 0.486. The van der Waals surface area contributed by atoms with Crippen LogP contribution in [0.15, 0.2) is 66.2 Å². The van der Waals surface area contributed by atoms with Gasteiger partial charge in [-0.3, -0.25) is 9.48 Å². The van der Waals surface area contributed by atoms with Crippen LogP contribution in [0, 0.1) is 5.82 Å². The van der Waals surface area contributed by atoms with Crippen LogP contribution in [0.4, 0.5) is 15.8 Å². The van der Waals surface area contributed by atoms with Gasteiger partial charge in [-0.2, -0.15) is 0 Å². The van der Waals surface area contributed by atoms with Crippen molar-refractivity contribution in [3.8, 4) is 10.4 Å². The van der Waals surface area contributed by atoms with Crippen molar-refractivity contribution in [1.82, 2.24) is 15.0 Å². The van der Waals surface area contributed by atoms with E-state index in [1.165, 1.54) is 12.1 Å². The topological polar surface area (TPSA) is 85.8 Å². The molecule has 0 unspecified atom stereocenters. The minimum Gasteiger partial charge on any atom is -0.397 e. The van der Waals surface area contributed by atoms with E-state index in [9.17, 15) is 9.18 Å². The Morgan fingerprint density at radius 2 is 2.07 bits per heavy atom. The number of nitrogen functional groups attached to an aromatic ring is 1. The zero-order valence-corrected chi connectivity index (χ0v) is 16.2. The van der Waals surface area contributed by atoms with Crippen LogP contribution >= 0.6 is 11.3 Å². The van der Waals surface area contributed by atoms with E-state index in [1.807, 2.05) is 35.7 Å². The Morgan fingerprint density at radius 1 is 1.17 bits per heavy atom. The molecule has 4 aromatic rings. The predicted octanol–water partition coefficient (Wildman–Crippen LogP) is 4.22. The minimum atomic E-state index is -0.392. The number of thiophene rings is 1. The number of anilines is 2. The third kappa shape index (κ3) is 4.49. The predicted molar refractivity (Wildman–Crippen MR) is 112 cm³/mol. The fourth-order valence-corrected chi connectivity index (χ4v) is 3.62. The second-order valence-electron chi connectivity index (χ2n) is 6.48. The number of halogens is 1. The Hall–Kier alpha value is -3.52. The van der Waals surface area contributed by atoms with E-state index in [2.05, 4.69) is 15.6 Å². The summed E-state index contributed by atoms with van der Waals surface area (Å²) < 4.78 is 14.8. The van der Waals surface area contributed by atoms with Gasteiger partial charge in [0, 0.05) is 11.4 Å². The number of carbonyl (C=O) groups is 1. The van der Waals surface area contributed by atoms with Gasteiger partial charge in [-0.25, -0.2) is 4.39 Å². The second-order valence-corrected chi connectivity index (χ2v) is 7.43. The second kappa shape index (κ2) is 8.24. The Bertz CT molecular complexity index is 1140. The van der Waals surface area contributed by atoms with Crippen LogP contribution in [0.2, 0.25) is 0 Å². The molecule has 0 saturated heterocycles. The molecule has 2 aromatic heterocycles. The summed E-state index contributed by atoms with van der Waals surface area (Å²) in [5.41, 5.74) is 9.02. The molecule has 0 aliphatic heterocycles. The lowest BCUT2D eigenvalue weighted by Crippen LogP contribution is -2.13. The lowest BCUT2D eigenvalue weighted by molar-refractivity contribution is 0.102. The van der Waals surface area contributed by atoms with E-state index in [1.54, 1.807) is 34.3 Å². The molecular weight excluding hydrogens is 389 g/mol. The number of aryl methyl sites for hydroxylation is 2. The molecule has 6 nitrogen and oxygen atoms in total. The summed E-state index contributed by atoms with van der Waals surface area (Å²) in [7, 11) is 0. The zero-order valence-electron chi connectivity index (χ0n) is 15.4. The summed E-state index contributed by atoms with van der Waals surface area (Å²) in [6, 6.07) is 15.9. The van der Waals surface area contributed by atoms with Gasteiger partial charge in [0.1, 0.15) is 5.82 Å². The van der Waals surface area contributed by atoms with Gasteiger partial charge >= 0.3 is 0 Å². The summed E-state index contributed by atoms with van der Waals surface area (Å²) in [5, 5.41) is 12.7. The summed E-state index contributed by atoms with van der Waals surface area (Å²) in [6.07, 6.45) is 2.14. The number of amides is 1. The monoisotopic (exact) mass is 407 g/mol. The van der Waals surface area contributed by atoms with Crippen molar-refractivity contribution < 1.29 is 9.18 Å². The van der Waals surface area contributed by atoms with Gasteiger partial charge in [0.05, 0.1) is 17.6 Å². The van der Waals surface area contributed by atoms with Gasteiger partial charge in [-0.15, -0.1) is 16.4 Å². The first kappa shape index (κ1) is 18.8. The Balaban J connectivity index is 1.43. The quantitative estimate of drug-likeness (QED) is 0.469. The lowest BCUT2D eigenvalue weighted by Gasteiger charge is -2.08. The maximum Gasteiger partial charge on any atom is 0.277 e. The van der Waals surface area contributed by atoms with E-state index < -0.39 is 5.91 Å². The smallest absolute Gasteiger partial charge is 0.277 e. The van der Waals surface area contributed by atoms with Crippen molar-refractivity contribution in [2.24, 2.45) is 0 Å². The van der Waals surface area contributed by atoms with Crippen molar-refractivity contribution in [3.63, 3.8) is 0 Å². The van der Waals surface area contributed by atoms with Gasteiger partial charge in [-0.1, -0.05) is 29.5 Å². The van der Waals surface area contributed by atoms with Crippen molar-refractivity contribution in [2.45, 2.75) is 13.0 Å². The average molecular weight is 407 g/mol. The molecule has 2 aromatic carbocycles. The van der Waals surface area contributed by atoms with E-state index in [-0.39, 0.29) is 11.5 Å². The van der Waals surface area contributed by atoms with E-state index in [0.717, 1.165) is 16.0 Å². The molecule has 0 fully saturated rings. The Labute approximate surface area is 170 Å². The summed E-state index contributed by atoms with van der Waals surface area (Å²) >= 11 is 1.61. The highest BCUT2D eigenvalue weighted by Crippen LogP contribution is 2.30. The van der Waals surface area contributed by atoms with Gasteiger partial charge < -0.3 is 11.1 Å². The number of hydrogen-bond donors (Lipinski definition) is 2. The van der Waals surface area contributed by atoms with Gasteiger partial charge in [0.15, 0.2) is 5.69 Å². The van der Waals surface area contributed by atoms with Crippen LogP contribution in [0.1, 0.15) is 16.1 Å². The fraction of sp³-hybridized carbons (Fsp3) is 0.0952. The normalized spacial score (nSPS) is 10.8. The average Bonchev–Trinajstić information content (AvgIpc) is 3.40. The molecule has 146 valence electrons. The number of carbonyl (C=O) groups excluding carboxylic acids is 1. The molecule has 0 aliphatic rings. The van der Waals surface area contributed by atoms with Crippen LogP contribution in [0.5, 0.6) is 0 Å². The van der Waals surface area contributed by atoms with Crippen LogP contribution in [0.3, 0.4) is 0 Å². The molecule has 1 amide bonds. The molecule has 3 N–H and O–H groups in total. The molecule has 0 bridgehead atoms. The third-order valence-corrected chi connectivity index (χ3v) is 5.32. The number of hydrogen-bond acceptors (Lipinski definition) is 5. The number of rotatable bonds is 6. The standard InChI is InChI=1S/C21H18FN5OS/c22-16-4-1-3-14(11-16)8-9-27-13-19(25-26-27)21(28)24-18-12-15(6-7-17(18)23)20-5-2-10-29-20/h1-7,10-13H,8-9,23H2,(H,24,28). The first-order chi connectivity index (χ1) is 14.1. The van der Waals surface area contributed by atoms with E-state index in [4.69, 9.17) is 5.73 Å². The Morgan fingerprint density at radius 3 is 2.86 bits per heavy atom. The highest BCUT2D eigenvalue weighted by Gasteiger charge is 2.13. The minimum absolute atomic E-state index is 0.185. The van der Waals surface area contributed by atoms with Crippen molar-refractivity contribution >= 4 is 28.6 Å². The number of nitrogens with one attached hydrogen (secondary N) is 1. The molecule has 0 atom stereocenters. The molecular formula is C21H18FN5OS. The largest absolute Gasteiger partial charge is 0.397 e. The molecule has 4 rings (SSSR count). The van der Waals surface area contributed by atoms with Crippen LogP contribution in [-0.4, -0.2) is 20.9 Å². The molecule has 0 radical (unpaired) electrons. The molecule has 2 heterocycles. The molecule has 0 saturated carbocycles. The number of nitrogens with two attached hydrogens (primary N) is 1. The molecule has 0 aliphatic carbocycles.